The van der Waals surface area contributed by atoms with Crippen molar-refractivity contribution in [3.05, 3.63) is 60.7 Å². The summed E-state index contributed by atoms with van der Waals surface area (Å²) in [6.45, 7) is 0.528. The Hall–Kier alpha value is -2.86. The molecule has 0 saturated heterocycles. The van der Waals surface area contributed by atoms with Gasteiger partial charge >= 0.3 is 12.1 Å². The van der Waals surface area contributed by atoms with Crippen LogP contribution in [0.2, 0.25) is 0 Å². The van der Waals surface area contributed by atoms with Gasteiger partial charge in [-0.1, -0.05) is 42.8 Å². The number of carboxylic acid groups (broad SMARTS) is 1. The topological polar surface area (TPSA) is 76.1 Å². The Morgan fingerprint density at radius 2 is 1.45 bits per heavy atom. The highest BCUT2D eigenvalue weighted by atomic mass is 16.6. The first kappa shape index (κ1) is 20.9. The third-order valence-corrected chi connectivity index (χ3v) is 5.12. The van der Waals surface area contributed by atoms with Gasteiger partial charge in [0.15, 0.2) is 0 Å². The number of carbonyl (C=O) groups excluding carboxylic acids is 1. The fourth-order valence-electron chi connectivity index (χ4n) is 3.79. The van der Waals surface area contributed by atoms with Crippen LogP contribution in [0.3, 0.4) is 0 Å². The molecule has 1 aliphatic rings. The van der Waals surface area contributed by atoms with Crippen molar-refractivity contribution < 1.29 is 24.2 Å². The lowest BCUT2D eigenvalue weighted by Crippen LogP contribution is -2.30. The van der Waals surface area contributed by atoms with Crippen LogP contribution in [0, 0.1) is 11.8 Å². The van der Waals surface area contributed by atoms with Crippen LogP contribution < -0.4 is 4.90 Å². The van der Waals surface area contributed by atoms with Crippen molar-refractivity contribution in [2.75, 3.05) is 24.7 Å². The monoisotopic (exact) mass is 397 g/mol. The quantitative estimate of drug-likeness (QED) is 0.688. The van der Waals surface area contributed by atoms with Gasteiger partial charge in [0.1, 0.15) is 6.61 Å². The Morgan fingerprint density at radius 1 is 0.897 bits per heavy atom. The number of amides is 1. The lowest BCUT2D eigenvalue weighted by atomic mass is 9.82. The smallest absolute Gasteiger partial charge is 0.418 e. The van der Waals surface area contributed by atoms with Crippen molar-refractivity contribution >= 4 is 23.4 Å². The van der Waals surface area contributed by atoms with Crippen molar-refractivity contribution in [2.24, 2.45) is 11.8 Å². The number of aliphatic carboxylic acids is 1. The van der Waals surface area contributed by atoms with E-state index in [9.17, 15) is 9.59 Å². The zero-order valence-corrected chi connectivity index (χ0v) is 16.4. The second-order valence-corrected chi connectivity index (χ2v) is 7.39. The van der Waals surface area contributed by atoms with E-state index in [1.54, 1.807) is 4.90 Å². The molecule has 0 heterocycles. The van der Waals surface area contributed by atoms with E-state index in [-0.39, 0.29) is 12.5 Å². The lowest BCUT2D eigenvalue weighted by molar-refractivity contribution is -0.142. The Labute approximate surface area is 171 Å². The molecule has 2 aromatic rings. The van der Waals surface area contributed by atoms with Gasteiger partial charge in [-0.05, 0) is 55.4 Å². The number of nitrogens with zero attached hydrogens (tertiary/aromatic N) is 1. The highest BCUT2D eigenvalue weighted by Crippen LogP contribution is 2.31. The largest absolute Gasteiger partial charge is 0.480 e. The van der Waals surface area contributed by atoms with Gasteiger partial charge in [0.25, 0.3) is 0 Å². The number of anilines is 2. The van der Waals surface area contributed by atoms with Crippen molar-refractivity contribution in [1.29, 1.82) is 0 Å². The summed E-state index contributed by atoms with van der Waals surface area (Å²) in [5.41, 5.74) is 1.51. The Bertz CT molecular complexity index is 741. The van der Waals surface area contributed by atoms with Crippen LogP contribution in [0.1, 0.15) is 25.7 Å². The molecule has 2 aromatic carbocycles. The summed E-state index contributed by atoms with van der Waals surface area (Å²) in [5, 5.41) is 8.69. The average molecular weight is 397 g/mol. The van der Waals surface area contributed by atoms with Crippen LogP contribution in [0.4, 0.5) is 16.2 Å². The minimum atomic E-state index is -0.951. The number of carbonyl (C=O) groups is 2. The number of hydrogen-bond donors (Lipinski definition) is 1. The summed E-state index contributed by atoms with van der Waals surface area (Å²) in [4.78, 5) is 25.1. The molecule has 1 N–H and O–H groups in total. The molecule has 0 aromatic heterocycles. The first-order chi connectivity index (χ1) is 14.1. The molecular weight excluding hydrogens is 370 g/mol. The highest BCUT2D eigenvalue weighted by molar-refractivity contribution is 5.95. The van der Waals surface area contributed by atoms with Crippen molar-refractivity contribution in [3.8, 4) is 0 Å². The number of para-hydroxylation sites is 2. The normalized spacial score (nSPS) is 18.8. The standard InChI is InChI=1S/C23H27NO5/c25-22(26)17-28-15-18-8-7-9-19(14-18)16-29-23(27)24(20-10-3-1-4-11-20)21-12-5-2-6-13-21/h1-6,10-13,18-19H,7-9,14-17H2,(H,25,26). The summed E-state index contributed by atoms with van der Waals surface area (Å²) in [6.07, 6.45) is 3.53. The van der Waals surface area contributed by atoms with E-state index in [0.717, 1.165) is 37.1 Å². The maximum absolute atomic E-state index is 12.9. The molecule has 3 rings (SSSR count). The third-order valence-electron chi connectivity index (χ3n) is 5.12. The van der Waals surface area contributed by atoms with E-state index in [0.29, 0.717) is 19.1 Å². The second-order valence-electron chi connectivity index (χ2n) is 7.39. The van der Waals surface area contributed by atoms with Gasteiger partial charge in [-0.2, -0.15) is 0 Å². The molecule has 2 atom stereocenters. The molecule has 0 aliphatic heterocycles. The van der Waals surface area contributed by atoms with Gasteiger partial charge in [0, 0.05) is 0 Å². The number of ether oxygens (including phenoxy) is 2. The summed E-state index contributed by atoms with van der Waals surface area (Å²) in [7, 11) is 0. The third kappa shape index (κ3) is 6.32. The molecule has 154 valence electrons. The molecule has 0 bridgehead atoms. The zero-order chi connectivity index (χ0) is 20.5. The van der Waals surface area contributed by atoms with Crippen LogP contribution in [0.5, 0.6) is 0 Å². The molecule has 1 amide bonds. The minimum Gasteiger partial charge on any atom is -0.480 e. The maximum Gasteiger partial charge on any atom is 0.418 e. The predicted molar refractivity (Wildman–Crippen MR) is 110 cm³/mol. The molecule has 1 fully saturated rings. The van der Waals surface area contributed by atoms with E-state index in [4.69, 9.17) is 14.6 Å². The van der Waals surface area contributed by atoms with Gasteiger partial charge in [0.2, 0.25) is 0 Å². The molecular formula is C23H27NO5. The fraction of sp³-hybridized carbons (Fsp3) is 0.391. The first-order valence-corrected chi connectivity index (χ1v) is 10.00. The molecule has 6 nitrogen and oxygen atoms in total. The summed E-state index contributed by atoms with van der Waals surface area (Å²) in [6, 6.07) is 18.9. The SMILES string of the molecule is O=C(O)COCC1CCCC(COC(=O)N(c2ccccc2)c2ccccc2)C1. The zero-order valence-electron chi connectivity index (χ0n) is 16.4. The first-order valence-electron chi connectivity index (χ1n) is 10.00. The van der Waals surface area contributed by atoms with Crippen LogP contribution in [0.15, 0.2) is 60.7 Å². The van der Waals surface area contributed by atoms with Gasteiger partial charge in [-0.15, -0.1) is 0 Å². The highest BCUT2D eigenvalue weighted by Gasteiger charge is 2.25. The molecule has 2 unspecified atom stereocenters. The molecule has 6 heteroatoms. The fourth-order valence-corrected chi connectivity index (χ4v) is 3.79. The van der Waals surface area contributed by atoms with Crippen molar-refractivity contribution in [2.45, 2.75) is 25.7 Å². The van der Waals surface area contributed by atoms with Crippen molar-refractivity contribution in [1.82, 2.24) is 0 Å². The molecule has 0 radical (unpaired) electrons. The second kappa shape index (κ2) is 10.6. The number of carboxylic acids is 1. The van der Waals surface area contributed by atoms with Crippen LogP contribution in [-0.4, -0.2) is 37.0 Å². The summed E-state index contributed by atoms with van der Waals surface area (Å²) < 4.78 is 10.9. The Kier molecular flexibility index (Phi) is 7.64. The van der Waals surface area contributed by atoms with E-state index in [1.807, 2.05) is 60.7 Å². The van der Waals surface area contributed by atoms with Gasteiger partial charge in [-0.25, -0.2) is 14.5 Å². The van der Waals surface area contributed by atoms with Gasteiger partial charge in [-0.3, -0.25) is 0 Å². The van der Waals surface area contributed by atoms with Crippen LogP contribution >= 0.6 is 0 Å². The maximum atomic E-state index is 12.9. The summed E-state index contributed by atoms with van der Waals surface area (Å²) >= 11 is 0. The molecule has 29 heavy (non-hydrogen) atoms. The van der Waals surface area contributed by atoms with E-state index in [1.165, 1.54) is 0 Å². The van der Waals surface area contributed by atoms with Crippen molar-refractivity contribution in [3.63, 3.8) is 0 Å². The Morgan fingerprint density at radius 3 is 2.00 bits per heavy atom. The number of hydrogen-bond acceptors (Lipinski definition) is 4. The predicted octanol–water partition coefficient (Wildman–Crippen LogP) is 4.87. The van der Waals surface area contributed by atoms with E-state index in [2.05, 4.69) is 0 Å². The van der Waals surface area contributed by atoms with E-state index < -0.39 is 12.1 Å². The van der Waals surface area contributed by atoms with Crippen LogP contribution in [0.25, 0.3) is 0 Å². The van der Waals surface area contributed by atoms with Gasteiger partial charge < -0.3 is 14.6 Å². The Balaban J connectivity index is 1.58. The minimum absolute atomic E-state index is 0.263. The average Bonchev–Trinajstić information content (AvgIpc) is 2.74. The lowest BCUT2D eigenvalue weighted by Gasteiger charge is -2.29. The number of rotatable bonds is 8. The number of benzene rings is 2. The van der Waals surface area contributed by atoms with Gasteiger partial charge in [0.05, 0.1) is 24.6 Å². The summed E-state index contributed by atoms with van der Waals surface area (Å²) in [5.74, 6) is -0.376. The molecule has 0 spiro atoms. The molecule has 1 saturated carbocycles. The molecule has 1 aliphatic carbocycles. The van der Waals surface area contributed by atoms with Crippen LogP contribution in [-0.2, 0) is 14.3 Å². The van der Waals surface area contributed by atoms with E-state index >= 15 is 0 Å².